The van der Waals surface area contributed by atoms with Crippen molar-refractivity contribution in [3.05, 3.63) is 59.7 Å². The van der Waals surface area contributed by atoms with Gasteiger partial charge in [0, 0.05) is 0 Å². The summed E-state index contributed by atoms with van der Waals surface area (Å²) in [5.74, 6) is 1.37. The van der Waals surface area contributed by atoms with Crippen molar-refractivity contribution in [3.8, 4) is 11.5 Å². The third kappa shape index (κ3) is 5.75. The highest BCUT2D eigenvalue weighted by Gasteiger charge is 2.20. The third-order valence-electron chi connectivity index (χ3n) is 4.65. The molecule has 2 aromatic carbocycles. The summed E-state index contributed by atoms with van der Waals surface area (Å²) in [6.45, 7) is 10.3. The number of nitrogens with one attached hydrogen (secondary N) is 1. The summed E-state index contributed by atoms with van der Waals surface area (Å²) in [4.78, 5) is 12.6. The summed E-state index contributed by atoms with van der Waals surface area (Å²) < 4.78 is 11.0. The average Bonchev–Trinajstić information content (AvgIpc) is 2.65. The van der Waals surface area contributed by atoms with E-state index in [2.05, 4.69) is 26.1 Å². The first-order valence-corrected chi connectivity index (χ1v) is 9.46. The highest BCUT2D eigenvalue weighted by molar-refractivity contribution is 5.81. The van der Waals surface area contributed by atoms with Crippen LogP contribution in [0.25, 0.3) is 0 Å². The Balaban J connectivity index is 1.98. The Labute approximate surface area is 162 Å². The van der Waals surface area contributed by atoms with Crippen LogP contribution in [0.5, 0.6) is 11.5 Å². The lowest BCUT2D eigenvalue weighted by atomic mass is 9.87. The Morgan fingerprint density at radius 3 is 2.04 bits per heavy atom. The Kier molecular flexibility index (Phi) is 6.89. The summed E-state index contributed by atoms with van der Waals surface area (Å²) >= 11 is 0. The number of amides is 1. The Bertz CT molecular complexity index is 730. The van der Waals surface area contributed by atoms with E-state index in [1.165, 1.54) is 5.56 Å². The van der Waals surface area contributed by atoms with Crippen molar-refractivity contribution >= 4 is 5.91 Å². The topological polar surface area (TPSA) is 47.6 Å². The van der Waals surface area contributed by atoms with Crippen molar-refractivity contribution in [2.45, 2.75) is 58.6 Å². The first-order valence-electron chi connectivity index (χ1n) is 9.46. The molecule has 2 aromatic rings. The van der Waals surface area contributed by atoms with E-state index in [1.807, 2.05) is 55.5 Å². The van der Waals surface area contributed by atoms with Crippen LogP contribution in [0.1, 0.15) is 58.2 Å². The van der Waals surface area contributed by atoms with Gasteiger partial charge in [-0.3, -0.25) is 4.79 Å². The fourth-order valence-electron chi connectivity index (χ4n) is 2.84. The van der Waals surface area contributed by atoms with E-state index in [1.54, 1.807) is 14.0 Å². The van der Waals surface area contributed by atoms with Crippen LogP contribution in [0.2, 0.25) is 0 Å². The number of carbonyl (C=O) groups excluding carboxylic acids is 1. The molecule has 0 aliphatic heterocycles. The standard InChI is InChI=1S/C23H31NO3/c1-7-21(17-8-12-19(26-6)13-9-17)24-22(25)16(2)27-20-14-10-18(11-15-20)23(3,4)5/h8-16,21H,7H2,1-6H3,(H,24,25)/t16-,21-/m0/s1. The number of methoxy groups -OCH3 is 1. The minimum atomic E-state index is -0.571. The summed E-state index contributed by atoms with van der Waals surface area (Å²) in [7, 11) is 1.64. The van der Waals surface area contributed by atoms with Crippen LogP contribution in [0, 0.1) is 0 Å². The number of benzene rings is 2. The van der Waals surface area contributed by atoms with E-state index in [0.29, 0.717) is 5.75 Å². The lowest BCUT2D eigenvalue weighted by Crippen LogP contribution is -2.38. The molecule has 0 saturated heterocycles. The number of hydrogen-bond acceptors (Lipinski definition) is 3. The fourth-order valence-corrected chi connectivity index (χ4v) is 2.84. The van der Waals surface area contributed by atoms with Gasteiger partial charge in [-0.2, -0.15) is 0 Å². The average molecular weight is 370 g/mol. The van der Waals surface area contributed by atoms with Crippen molar-refractivity contribution in [1.82, 2.24) is 5.32 Å². The van der Waals surface area contributed by atoms with E-state index < -0.39 is 6.10 Å². The molecule has 0 unspecified atom stereocenters. The molecule has 4 heteroatoms. The van der Waals surface area contributed by atoms with Gasteiger partial charge in [-0.05, 0) is 54.2 Å². The zero-order valence-corrected chi connectivity index (χ0v) is 17.2. The van der Waals surface area contributed by atoms with Crippen LogP contribution in [0.15, 0.2) is 48.5 Å². The number of carbonyl (C=O) groups is 1. The van der Waals surface area contributed by atoms with Gasteiger partial charge in [0.25, 0.3) is 5.91 Å². The molecule has 0 aromatic heterocycles. The molecule has 0 bridgehead atoms. The molecule has 0 spiro atoms. The maximum Gasteiger partial charge on any atom is 0.261 e. The Morgan fingerprint density at radius 1 is 1.00 bits per heavy atom. The van der Waals surface area contributed by atoms with Crippen LogP contribution in [-0.2, 0) is 10.2 Å². The predicted molar refractivity (Wildman–Crippen MR) is 109 cm³/mol. The second-order valence-electron chi connectivity index (χ2n) is 7.78. The molecule has 0 aliphatic carbocycles. The molecular weight excluding hydrogens is 338 g/mol. The van der Waals surface area contributed by atoms with Gasteiger partial charge in [0.05, 0.1) is 13.2 Å². The normalized spacial score (nSPS) is 13.6. The molecule has 0 saturated carbocycles. The summed E-state index contributed by atoms with van der Waals surface area (Å²) in [5, 5.41) is 3.07. The van der Waals surface area contributed by atoms with Crippen molar-refractivity contribution in [1.29, 1.82) is 0 Å². The first-order chi connectivity index (χ1) is 12.7. The van der Waals surface area contributed by atoms with Gasteiger partial charge in [-0.15, -0.1) is 0 Å². The highest BCUT2D eigenvalue weighted by Crippen LogP contribution is 2.25. The zero-order chi connectivity index (χ0) is 20.0. The monoisotopic (exact) mass is 369 g/mol. The molecule has 4 nitrogen and oxygen atoms in total. The molecule has 0 fully saturated rings. The maximum absolute atomic E-state index is 12.6. The van der Waals surface area contributed by atoms with E-state index >= 15 is 0 Å². The lowest BCUT2D eigenvalue weighted by molar-refractivity contribution is -0.128. The van der Waals surface area contributed by atoms with Crippen molar-refractivity contribution in [2.24, 2.45) is 0 Å². The maximum atomic E-state index is 12.6. The number of rotatable bonds is 7. The van der Waals surface area contributed by atoms with Crippen LogP contribution in [0.4, 0.5) is 0 Å². The third-order valence-corrected chi connectivity index (χ3v) is 4.65. The van der Waals surface area contributed by atoms with Crippen LogP contribution in [0.3, 0.4) is 0 Å². The van der Waals surface area contributed by atoms with Crippen molar-refractivity contribution in [3.63, 3.8) is 0 Å². The predicted octanol–water partition coefficient (Wildman–Crippen LogP) is 5.03. The summed E-state index contributed by atoms with van der Waals surface area (Å²) in [6.07, 6.45) is 0.225. The van der Waals surface area contributed by atoms with Gasteiger partial charge in [-0.25, -0.2) is 0 Å². The molecule has 1 amide bonds. The Hall–Kier alpha value is -2.49. The fraction of sp³-hybridized carbons (Fsp3) is 0.435. The van der Waals surface area contributed by atoms with Gasteiger partial charge < -0.3 is 14.8 Å². The second kappa shape index (κ2) is 8.94. The number of hydrogen-bond donors (Lipinski definition) is 1. The molecule has 0 radical (unpaired) electrons. The Morgan fingerprint density at radius 2 is 1.56 bits per heavy atom. The smallest absolute Gasteiger partial charge is 0.261 e. The molecular formula is C23H31NO3. The second-order valence-corrected chi connectivity index (χ2v) is 7.78. The van der Waals surface area contributed by atoms with Gasteiger partial charge >= 0.3 is 0 Å². The van der Waals surface area contributed by atoms with Crippen molar-refractivity contribution < 1.29 is 14.3 Å². The van der Waals surface area contributed by atoms with E-state index in [9.17, 15) is 4.79 Å². The number of ether oxygens (including phenoxy) is 2. The minimum Gasteiger partial charge on any atom is -0.497 e. The molecule has 1 N–H and O–H groups in total. The quantitative estimate of drug-likeness (QED) is 0.745. The van der Waals surface area contributed by atoms with Crippen LogP contribution >= 0.6 is 0 Å². The lowest BCUT2D eigenvalue weighted by Gasteiger charge is -2.22. The summed E-state index contributed by atoms with van der Waals surface area (Å²) in [5.41, 5.74) is 2.37. The minimum absolute atomic E-state index is 0.0577. The zero-order valence-electron chi connectivity index (χ0n) is 17.2. The largest absolute Gasteiger partial charge is 0.497 e. The van der Waals surface area contributed by atoms with Crippen molar-refractivity contribution in [2.75, 3.05) is 7.11 Å². The van der Waals surface area contributed by atoms with Gasteiger partial charge in [0.1, 0.15) is 11.5 Å². The molecule has 2 atom stereocenters. The molecule has 2 rings (SSSR count). The molecule has 0 heterocycles. The van der Waals surface area contributed by atoms with Gasteiger partial charge in [-0.1, -0.05) is 52.0 Å². The summed E-state index contributed by atoms with van der Waals surface area (Å²) in [6, 6.07) is 15.6. The van der Waals surface area contributed by atoms with Crippen LogP contribution < -0.4 is 14.8 Å². The first kappa shape index (κ1) is 20.8. The van der Waals surface area contributed by atoms with Crippen LogP contribution in [-0.4, -0.2) is 19.1 Å². The highest BCUT2D eigenvalue weighted by atomic mass is 16.5. The molecule has 0 aliphatic rings. The van der Waals surface area contributed by atoms with Gasteiger partial charge in [0.2, 0.25) is 0 Å². The van der Waals surface area contributed by atoms with E-state index in [4.69, 9.17) is 9.47 Å². The van der Waals surface area contributed by atoms with E-state index in [0.717, 1.165) is 17.7 Å². The molecule has 27 heavy (non-hydrogen) atoms. The van der Waals surface area contributed by atoms with E-state index in [-0.39, 0.29) is 17.4 Å². The van der Waals surface area contributed by atoms with Gasteiger partial charge in [0.15, 0.2) is 6.10 Å². The molecule has 146 valence electrons. The SMILES string of the molecule is CC[C@H](NC(=O)[C@H](C)Oc1ccc(C(C)(C)C)cc1)c1ccc(OC)cc1.